The Morgan fingerprint density at radius 2 is 1.09 bits per heavy atom. The maximum atomic E-state index is 2.78. The van der Waals surface area contributed by atoms with Gasteiger partial charge in [0.15, 0.2) is 0 Å². The van der Waals surface area contributed by atoms with E-state index >= 15 is 0 Å². The van der Waals surface area contributed by atoms with Crippen molar-refractivity contribution in [2.75, 3.05) is 4.81 Å². The third-order valence-corrected chi connectivity index (χ3v) is 17.9. The summed E-state index contributed by atoms with van der Waals surface area (Å²) in [6.07, 6.45) is 2.37. The van der Waals surface area contributed by atoms with Gasteiger partial charge in [0.05, 0.1) is 11.0 Å². The Labute approximate surface area is 399 Å². The molecule has 0 radical (unpaired) electrons. The second kappa shape index (κ2) is 12.6. The first-order valence-corrected chi connectivity index (χ1v) is 25.2. The number of aromatic nitrogens is 1. The zero-order valence-corrected chi connectivity index (χ0v) is 42.4. The van der Waals surface area contributed by atoms with Gasteiger partial charge in [-0.3, -0.25) is 0 Å². The molecule has 0 spiro atoms. The lowest BCUT2D eigenvalue weighted by molar-refractivity contribution is 0.332. The highest BCUT2D eigenvalue weighted by Gasteiger charge is 2.51. The minimum Gasteiger partial charge on any atom is -0.376 e. The molecule has 2 aliphatic heterocycles. The molecule has 3 aliphatic carbocycles. The monoisotopic (exact) mass is 873 g/mol. The average Bonchev–Trinajstić information content (AvgIpc) is 3.82. The van der Waals surface area contributed by atoms with E-state index in [2.05, 4.69) is 222 Å². The van der Waals surface area contributed by atoms with Crippen molar-refractivity contribution in [3.63, 3.8) is 0 Å². The van der Waals surface area contributed by atoms with Gasteiger partial charge in [-0.05, 0) is 160 Å². The Balaban J connectivity index is 1.29. The Morgan fingerprint density at radius 3 is 1.75 bits per heavy atom. The van der Waals surface area contributed by atoms with Gasteiger partial charge in [-0.1, -0.05) is 170 Å². The van der Waals surface area contributed by atoms with Crippen LogP contribution in [-0.2, 0) is 32.5 Å². The summed E-state index contributed by atoms with van der Waals surface area (Å²) in [6.45, 7) is 33.9. The number of fused-ring (bicyclic) bond motifs is 17. The summed E-state index contributed by atoms with van der Waals surface area (Å²) in [6, 6.07) is 46.4. The van der Waals surface area contributed by atoms with Crippen molar-refractivity contribution in [3.05, 3.63) is 160 Å². The number of anilines is 2. The third-order valence-electron chi connectivity index (χ3n) is 17.9. The van der Waals surface area contributed by atoms with Crippen LogP contribution >= 0.6 is 0 Å². The molecule has 0 bridgehead atoms. The van der Waals surface area contributed by atoms with Crippen molar-refractivity contribution >= 4 is 51.0 Å². The molecule has 0 fully saturated rings. The highest BCUT2D eigenvalue weighted by Crippen LogP contribution is 2.61. The van der Waals surface area contributed by atoms with E-state index in [1.807, 2.05) is 0 Å². The molecule has 13 rings (SSSR count). The molecule has 5 aliphatic rings. The van der Waals surface area contributed by atoms with Gasteiger partial charge in [-0.2, -0.15) is 0 Å². The fraction of sp³-hybridized carbons (Fsp3) is 0.344. The largest absolute Gasteiger partial charge is 0.376 e. The summed E-state index contributed by atoms with van der Waals surface area (Å²) in [5, 5.41) is 2.85. The van der Waals surface area contributed by atoms with Gasteiger partial charge in [-0.15, -0.1) is 0 Å². The predicted molar refractivity (Wildman–Crippen MR) is 288 cm³/mol. The van der Waals surface area contributed by atoms with Crippen molar-refractivity contribution in [1.82, 2.24) is 4.57 Å². The van der Waals surface area contributed by atoms with Crippen LogP contribution in [0.5, 0.6) is 0 Å². The molecule has 3 heteroatoms. The van der Waals surface area contributed by atoms with Crippen LogP contribution in [0.2, 0.25) is 0 Å². The van der Waals surface area contributed by atoms with Gasteiger partial charge in [0.2, 0.25) is 0 Å². The molecular formula is C64H65BN2. The van der Waals surface area contributed by atoms with Gasteiger partial charge < -0.3 is 9.38 Å². The highest BCUT2D eigenvalue weighted by atomic mass is 15.1. The van der Waals surface area contributed by atoms with Crippen LogP contribution in [-0.4, -0.2) is 11.4 Å². The van der Waals surface area contributed by atoms with Crippen LogP contribution in [0.25, 0.3) is 60.9 Å². The smallest absolute Gasteiger partial charge is 0.333 e. The fourth-order valence-corrected chi connectivity index (χ4v) is 14.0. The lowest BCUT2D eigenvalue weighted by atomic mass is 9.43. The predicted octanol–water partition coefficient (Wildman–Crippen LogP) is 15.6. The second-order valence-electron chi connectivity index (χ2n) is 25.6. The van der Waals surface area contributed by atoms with E-state index in [0.717, 1.165) is 0 Å². The number of hydrogen-bond donors (Lipinski definition) is 0. The number of nitrogens with zero attached hydrogens (tertiary/aromatic N) is 2. The van der Waals surface area contributed by atoms with Gasteiger partial charge in [0, 0.05) is 44.2 Å². The molecule has 7 aromatic carbocycles. The molecule has 0 atom stereocenters. The summed E-state index contributed by atoms with van der Waals surface area (Å²) >= 11 is 0. The van der Waals surface area contributed by atoms with E-state index in [-0.39, 0.29) is 39.3 Å². The van der Waals surface area contributed by atoms with Gasteiger partial charge in [0.1, 0.15) is 0 Å². The molecule has 67 heavy (non-hydrogen) atoms. The van der Waals surface area contributed by atoms with Crippen molar-refractivity contribution in [3.8, 4) is 39.1 Å². The Morgan fingerprint density at radius 1 is 0.493 bits per heavy atom. The molecule has 3 heterocycles. The Kier molecular flexibility index (Phi) is 7.81. The normalized spacial score (nSPS) is 18.3. The van der Waals surface area contributed by atoms with Crippen molar-refractivity contribution in [2.45, 2.75) is 142 Å². The SMILES string of the molecule is CC(C)(C)c1ccc(N2B3c4cc(C(C)(C)C)ccc4-n4c5cc6c(cc5c5c7c(c(c3c54)-c3cc4c(cc32)-c2ccccc2C4(C)C)-c2ccccc2C7(C)C)C(C)(C)CCC6(C)C)cc1. The van der Waals surface area contributed by atoms with E-state index in [9.17, 15) is 0 Å². The Bertz CT molecular complexity index is 3540. The number of hydrogen-bond acceptors (Lipinski definition) is 1. The average molecular weight is 873 g/mol. The summed E-state index contributed by atoms with van der Waals surface area (Å²) in [7, 11) is 0. The minimum absolute atomic E-state index is 0.0379. The van der Waals surface area contributed by atoms with Gasteiger partial charge in [-0.25, -0.2) is 0 Å². The third kappa shape index (κ3) is 5.19. The standard InChI is InChI=1S/C64H65BN2/c1-59(2,3)36-23-26-38(27-24-36)67-52-34-41-39-19-15-17-21-44(39)63(11,12)46(41)32-43(52)54-53-40-20-16-18-22-45(40)64(13,14)56(53)55-42-33-47-48(62(9,10)30-29-61(47,7)8)35-51(42)66-50-28-25-37(60(4,5)6)31-49(50)65(67)57(54)58(55)66/h15-28,31-35H,29-30H2,1-14H3. The lowest BCUT2D eigenvalue weighted by Crippen LogP contribution is -2.61. The van der Waals surface area contributed by atoms with E-state index in [0.29, 0.717) is 0 Å². The molecule has 2 nitrogen and oxygen atoms in total. The van der Waals surface area contributed by atoms with Gasteiger partial charge in [0.25, 0.3) is 0 Å². The van der Waals surface area contributed by atoms with E-state index in [4.69, 9.17) is 0 Å². The molecular weight excluding hydrogens is 808 g/mol. The summed E-state index contributed by atoms with van der Waals surface area (Å²) in [5.74, 6) is 0. The topological polar surface area (TPSA) is 8.17 Å². The zero-order chi connectivity index (χ0) is 46.9. The van der Waals surface area contributed by atoms with Crippen LogP contribution < -0.4 is 15.7 Å². The maximum absolute atomic E-state index is 2.78. The van der Waals surface area contributed by atoms with Crippen LogP contribution in [0.4, 0.5) is 11.4 Å². The quantitative estimate of drug-likeness (QED) is 0.149. The van der Waals surface area contributed by atoms with E-state index in [1.165, 1.54) is 141 Å². The van der Waals surface area contributed by atoms with Crippen LogP contribution in [0.3, 0.4) is 0 Å². The lowest BCUT2D eigenvalue weighted by Gasteiger charge is -2.44. The molecule has 1 aromatic heterocycles. The van der Waals surface area contributed by atoms with E-state index in [1.54, 1.807) is 0 Å². The number of rotatable bonds is 1. The van der Waals surface area contributed by atoms with E-state index < -0.39 is 0 Å². The Hall–Kier alpha value is -5.80. The highest BCUT2D eigenvalue weighted by molar-refractivity contribution is 6.94. The first-order valence-electron chi connectivity index (χ1n) is 25.2. The maximum Gasteiger partial charge on any atom is 0.333 e. The molecule has 0 N–H and O–H groups in total. The van der Waals surface area contributed by atoms with Crippen LogP contribution in [0, 0.1) is 0 Å². The minimum atomic E-state index is -0.233. The molecule has 0 saturated heterocycles. The van der Waals surface area contributed by atoms with Crippen molar-refractivity contribution in [2.24, 2.45) is 0 Å². The summed E-state index contributed by atoms with van der Waals surface area (Å²) in [4.78, 5) is 2.78. The molecule has 0 unspecified atom stereocenters. The first kappa shape index (κ1) is 41.4. The second-order valence-corrected chi connectivity index (χ2v) is 25.6. The van der Waals surface area contributed by atoms with Crippen molar-refractivity contribution < 1.29 is 0 Å². The van der Waals surface area contributed by atoms with Crippen molar-refractivity contribution in [1.29, 1.82) is 0 Å². The van der Waals surface area contributed by atoms with Gasteiger partial charge >= 0.3 is 6.85 Å². The zero-order valence-electron chi connectivity index (χ0n) is 42.4. The molecule has 8 aromatic rings. The van der Waals surface area contributed by atoms with Crippen LogP contribution in [0.15, 0.2) is 115 Å². The fourth-order valence-electron chi connectivity index (χ4n) is 14.0. The summed E-state index contributed by atoms with van der Waals surface area (Å²) < 4.78 is 2.76. The van der Waals surface area contributed by atoms with Crippen LogP contribution in [0.1, 0.15) is 154 Å². The molecule has 0 amide bonds. The summed E-state index contributed by atoms with van der Waals surface area (Å²) in [5.41, 5.74) is 29.0. The molecule has 334 valence electrons. The molecule has 0 saturated carbocycles. The number of benzene rings is 7. The first-order chi connectivity index (χ1) is 31.5.